The standard InChI is InChI=1S/C25H48O4.C22H42O2/c1-2-3-4-5-6-7-8-9-10-11-12-13-14-15-16-17-18-19-20-21-25(28)29-23-24(27)22-26;1-2-3-4-5-6-7-8-9-10-11-12-13-14-15-16-17-18-19-20-21-22(23)24/h9-10,24,26-27H,2-8,11-23H2,1H3;9-10H,2-8,11-21H2,1H3,(H,23,24)/p-1. The number of hydrogen-bond donors (Lipinski definition) is 2. The van der Waals surface area contributed by atoms with E-state index in [0.717, 1.165) is 25.7 Å². The Morgan fingerprint density at radius 1 is 0.472 bits per heavy atom. The zero-order valence-corrected chi connectivity index (χ0v) is 35.3. The van der Waals surface area contributed by atoms with Gasteiger partial charge in [-0.1, -0.05) is 192 Å². The number of aliphatic hydroxyl groups excluding tert-OH is 2. The number of esters is 1. The first-order valence-electron chi connectivity index (χ1n) is 22.9. The van der Waals surface area contributed by atoms with Crippen molar-refractivity contribution in [3.05, 3.63) is 24.3 Å². The van der Waals surface area contributed by atoms with Crippen LogP contribution < -0.4 is 5.11 Å². The number of carbonyl (C=O) groups excluding carboxylic acids is 2. The number of unbranched alkanes of at least 4 members (excludes halogenated alkanes) is 30. The second-order valence-corrected chi connectivity index (χ2v) is 15.4. The third-order valence-electron chi connectivity index (χ3n) is 9.93. The first-order chi connectivity index (χ1) is 26.0. The molecule has 0 aromatic carbocycles. The fraction of sp³-hybridized carbons (Fsp3) is 0.872. The smallest absolute Gasteiger partial charge is 0.305 e. The molecule has 0 saturated heterocycles. The molecule has 0 aromatic heterocycles. The summed E-state index contributed by atoms with van der Waals surface area (Å²) in [5.41, 5.74) is 0. The molecule has 6 heteroatoms. The molecule has 0 radical (unpaired) electrons. The molecule has 0 rings (SSSR count). The molecule has 0 bridgehead atoms. The van der Waals surface area contributed by atoms with Crippen LogP contribution in [-0.2, 0) is 14.3 Å². The van der Waals surface area contributed by atoms with Gasteiger partial charge in [0.15, 0.2) is 0 Å². The van der Waals surface area contributed by atoms with Crippen LogP contribution in [0.25, 0.3) is 0 Å². The molecule has 0 amide bonds. The number of carbonyl (C=O) groups is 2. The molecule has 0 aliphatic rings. The summed E-state index contributed by atoms with van der Waals surface area (Å²) in [6, 6.07) is 0. The number of allylic oxidation sites excluding steroid dienone is 4. The van der Waals surface area contributed by atoms with Crippen LogP contribution in [0.5, 0.6) is 0 Å². The number of carboxylic acids is 1. The molecule has 0 aromatic rings. The summed E-state index contributed by atoms with van der Waals surface area (Å²) in [6.45, 7) is 4.06. The van der Waals surface area contributed by atoms with Crippen molar-refractivity contribution in [3.8, 4) is 0 Å². The number of aliphatic carboxylic acids is 1. The second-order valence-electron chi connectivity index (χ2n) is 15.4. The van der Waals surface area contributed by atoms with Gasteiger partial charge in [-0.15, -0.1) is 0 Å². The van der Waals surface area contributed by atoms with Crippen LogP contribution in [0.1, 0.15) is 245 Å². The van der Waals surface area contributed by atoms with E-state index in [-0.39, 0.29) is 25.6 Å². The quantitative estimate of drug-likeness (QED) is 0.0366. The van der Waals surface area contributed by atoms with Gasteiger partial charge in [-0.2, -0.15) is 0 Å². The maximum Gasteiger partial charge on any atom is 0.305 e. The zero-order valence-electron chi connectivity index (χ0n) is 35.3. The van der Waals surface area contributed by atoms with Gasteiger partial charge >= 0.3 is 5.97 Å². The highest BCUT2D eigenvalue weighted by atomic mass is 16.5. The van der Waals surface area contributed by atoms with Gasteiger partial charge in [0.2, 0.25) is 0 Å². The lowest BCUT2D eigenvalue weighted by Crippen LogP contribution is -2.21. The second kappa shape index (κ2) is 48.4. The predicted molar refractivity (Wildman–Crippen MR) is 225 cm³/mol. The number of aliphatic hydroxyl groups is 2. The van der Waals surface area contributed by atoms with Crippen LogP contribution in [0.4, 0.5) is 0 Å². The van der Waals surface area contributed by atoms with E-state index in [0.29, 0.717) is 6.42 Å². The highest BCUT2D eigenvalue weighted by Gasteiger charge is 2.07. The maximum absolute atomic E-state index is 11.4. The lowest BCUT2D eigenvalue weighted by atomic mass is 10.1. The largest absolute Gasteiger partial charge is 0.550 e. The Kier molecular flexibility index (Phi) is 48.8. The molecule has 1 unspecified atom stereocenters. The third-order valence-corrected chi connectivity index (χ3v) is 9.93. The van der Waals surface area contributed by atoms with Crippen molar-refractivity contribution in [1.82, 2.24) is 0 Å². The molecular formula is C47H89O6-. The fourth-order valence-corrected chi connectivity index (χ4v) is 6.41. The number of rotatable bonds is 41. The van der Waals surface area contributed by atoms with E-state index < -0.39 is 12.1 Å². The Morgan fingerprint density at radius 2 is 0.755 bits per heavy atom. The van der Waals surface area contributed by atoms with E-state index in [4.69, 9.17) is 14.9 Å². The van der Waals surface area contributed by atoms with Gasteiger partial charge in [-0.3, -0.25) is 4.79 Å². The molecule has 6 nitrogen and oxygen atoms in total. The molecule has 0 spiro atoms. The van der Waals surface area contributed by atoms with Crippen LogP contribution in [0.15, 0.2) is 24.3 Å². The zero-order chi connectivity index (χ0) is 39.1. The summed E-state index contributed by atoms with van der Waals surface area (Å²) in [6.07, 6.45) is 52.7. The van der Waals surface area contributed by atoms with Gasteiger partial charge in [0.25, 0.3) is 0 Å². The minimum absolute atomic E-state index is 0.107. The van der Waals surface area contributed by atoms with Gasteiger partial charge < -0.3 is 24.9 Å². The number of ether oxygens (including phenoxy) is 1. The van der Waals surface area contributed by atoms with Crippen molar-refractivity contribution in [3.63, 3.8) is 0 Å². The van der Waals surface area contributed by atoms with Crippen LogP contribution in [0.3, 0.4) is 0 Å². The first kappa shape index (κ1) is 53.4. The van der Waals surface area contributed by atoms with E-state index in [1.54, 1.807) is 0 Å². The highest BCUT2D eigenvalue weighted by molar-refractivity contribution is 5.69. The Hall–Kier alpha value is -1.66. The minimum atomic E-state index is -0.958. The minimum Gasteiger partial charge on any atom is -0.550 e. The maximum atomic E-state index is 11.4. The third kappa shape index (κ3) is 52.5. The lowest BCUT2D eigenvalue weighted by Gasteiger charge is -2.08. The van der Waals surface area contributed by atoms with Gasteiger partial charge in [0.1, 0.15) is 12.7 Å². The highest BCUT2D eigenvalue weighted by Crippen LogP contribution is 2.14. The van der Waals surface area contributed by atoms with Crippen LogP contribution in [0.2, 0.25) is 0 Å². The number of hydrogen-bond acceptors (Lipinski definition) is 6. The molecule has 314 valence electrons. The Bertz CT molecular complexity index is 779. The summed E-state index contributed by atoms with van der Waals surface area (Å²) in [7, 11) is 0. The van der Waals surface area contributed by atoms with Crippen LogP contribution in [-0.4, -0.2) is 41.5 Å². The molecule has 0 heterocycles. The monoisotopic (exact) mass is 750 g/mol. The van der Waals surface area contributed by atoms with Crippen molar-refractivity contribution in [1.29, 1.82) is 0 Å². The van der Waals surface area contributed by atoms with Crippen molar-refractivity contribution in [2.75, 3.05) is 13.2 Å². The molecule has 1 atom stereocenters. The van der Waals surface area contributed by atoms with Crippen molar-refractivity contribution in [2.24, 2.45) is 0 Å². The summed E-state index contributed by atoms with van der Waals surface area (Å²) in [5.74, 6) is -1.19. The molecule has 0 aliphatic heterocycles. The molecular weight excluding hydrogens is 661 g/mol. The normalized spacial score (nSPS) is 12.0. The van der Waals surface area contributed by atoms with E-state index in [2.05, 4.69) is 38.2 Å². The van der Waals surface area contributed by atoms with Crippen molar-refractivity contribution < 1.29 is 29.6 Å². The van der Waals surface area contributed by atoms with Gasteiger partial charge in [0.05, 0.1) is 6.61 Å². The number of carboxylic acid groups (broad SMARTS) is 1. The molecule has 0 fully saturated rings. The summed E-state index contributed by atoms with van der Waals surface area (Å²) in [5, 5.41) is 28.0. The van der Waals surface area contributed by atoms with Crippen molar-refractivity contribution in [2.45, 2.75) is 251 Å². The summed E-state index contributed by atoms with van der Waals surface area (Å²) < 4.78 is 4.88. The summed E-state index contributed by atoms with van der Waals surface area (Å²) >= 11 is 0. The van der Waals surface area contributed by atoms with Crippen molar-refractivity contribution >= 4 is 11.9 Å². The Balaban J connectivity index is 0. The molecule has 2 N–H and O–H groups in total. The van der Waals surface area contributed by atoms with E-state index in [1.165, 1.54) is 193 Å². The SMILES string of the molecule is CCCCCCCCC=CCCCCCCCCCCCC(=O)OCC(O)CO.CCCCCCCCC=CCCCCCCCCCCCC(=O)[O-]. The average molecular weight is 750 g/mol. The molecule has 53 heavy (non-hydrogen) atoms. The van der Waals surface area contributed by atoms with E-state index >= 15 is 0 Å². The van der Waals surface area contributed by atoms with Crippen LogP contribution in [0, 0.1) is 0 Å². The first-order valence-corrected chi connectivity index (χ1v) is 22.9. The fourth-order valence-electron chi connectivity index (χ4n) is 6.41. The Morgan fingerprint density at radius 3 is 1.06 bits per heavy atom. The summed E-state index contributed by atoms with van der Waals surface area (Å²) in [4.78, 5) is 21.7. The van der Waals surface area contributed by atoms with Gasteiger partial charge in [-0.25, -0.2) is 0 Å². The average Bonchev–Trinajstić information content (AvgIpc) is 3.15. The van der Waals surface area contributed by atoms with Gasteiger partial charge in [-0.05, 0) is 70.6 Å². The predicted octanol–water partition coefficient (Wildman–Crippen LogP) is 12.8. The van der Waals surface area contributed by atoms with Crippen LogP contribution >= 0.6 is 0 Å². The van der Waals surface area contributed by atoms with E-state index in [9.17, 15) is 14.7 Å². The molecule has 0 saturated carbocycles. The van der Waals surface area contributed by atoms with Gasteiger partial charge in [0, 0.05) is 12.4 Å². The lowest BCUT2D eigenvalue weighted by molar-refractivity contribution is -0.305. The van der Waals surface area contributed by atoms with E-state index in [1.807, 2.05) is 0 Å². The molecule has 0 aliphatic carbocycles. The topological polar surface area (TPSA) is 107 Å². The Labute approximate surface area is 329 Å².